The van der Waals surface area contributed by atoms with E-state index in [1.807, 2.05) is 0 Å². The lowest BCUT2D eigenvalue weighted by atomic mass is 9.67. The Hall–Kier alpha value is -0.0800. The van der Waals surface area contributed by atoms with E-state index in [2.05, 4.69) is 39.9 Å². The van der Waals surface area contributed by atoms with Crippen molar-refractivity contribution in [3.63, 3.8) is 0 Å². The van der Waals surface area contributed by atoms with Crippen molar-refractivity contribution >= 4 is 0 Å². The average Bonchev–Trinajstić information content (AvgIpc) is 2.36. The van der Waals surface area contributed by atoms with E-state index >= 15 is 0 Å². The van der Waals surface area contributed by atoms with Crippen LogP contribution < -0.4 is 5.32 Å². The molecule has 1 heterocycles. The highest BCUT2D eigenvalue weighted by molar-refractivity contribution is 4.99. The van der Waals surface area contributed by atoms with E-state index in [-0.39, 0.29) is 0 Å². The van der Waals surface area contributed by atoms with E-state index in [0.717, 1.165) is 18.4 Å². The van der Waals surface area contributed by atoms with Crippen molar-refractivity contribution in [2.24, 2.45) is 11.8 Å². The average molecular weight is 296 g/mol. The quantitative estimate of drug-likeness (QED) is 0.727. The van der Waals surface area contributed by atoms with Crippen molar-refractivity contribution in [3.8, 4) is 0 Å². The SMILES string of the molecule is CCCCOC1CCC(C2CC(C)(C)NC(C)(C)C2)CC1. The van der Waals surface area contributed by atoms with Gasteiger partial charge in [0.15, 0.2) is 0 Å². The van der Waals surface area contributed by atoms with Gasteiger partial charge in [-0.05, 0) is 84.5 Å². The Kier molecular flexibility index (Phi) is 5.76. The van der Waals surface area contributed by atoms with Crippen LogP contribution >= 0.6 is 0 Å². The first-order valence-electron chi connectivity index (χ1n) is 9.22. The van der Waals surface area contributed by atoms with Crippen LogP contribution in [0.1, 0.15) is 86.0 Å². The second-order valence-electron chi connectivity index (χ2n) is 8.82. The van der Waals surface area contributed by atoms with Gasteiger partial charge in [-0.3, -0.25) is 0 Å². The topological polar surface area (TPSA) is 21.3 Å². The third-order valence-electron chi connectivity index (χ3n) is 5.46. The molecule has 2 heteroatoms. The largest absolute Gasteiger partial charge is 0.378 e. The van der Waals surface area contributed by atoms with E-state index in [1.165, 1.54) is 51.4 Å². The number of ether oxygens (including phenoxy) is 1. The summed E-state index contributed by atoms with van der Waals surface area (Å²) in [4.78, 5) is 0. The van der Waals surface area contributed by atoms with Gasteiger partial charge in [0.2, 0.25) is 0 Å². The summed E-state index contributed by atoms with van der Waals surface area (Å²) in [7, 11) is 0. The summed E-state index contributed by atoms with van der Waals surface area (Å²) < 4.78 is 6.03. The number of piperidine rings is 1. The maximum absolute atomic E-state index is 6.03. The second-order valence-corrected chi connectivity index (χ2v) is 8.82. The summed E-state index contributed by atoms with van der Waals surface area (Å²) in [6.07, 6.45) is 11.0. The molecular formula is C19H37NO. The Morgan fingerprint density at radius 1 is 0.905 bits per heavy atom. The molecule has 0 atom stereocenters. The van der Waals surface area contributed by atoms with Crippen molar-refractivity contribution in [1.29, 1.82) is 0 Å². The van der Waals surface area contributed by atoms with Gasteiger partial charge in [-0.25, -0.2) is 0 Å². The fourth-order valence-corrected chi connectivity index (χ4v) is 4.86. The number of rotatable bonds is 5. The lowest BCUT2D eigenvalue weighted by Gasteiger charge is -2.49. The molecule has 1 aliphatic carbocycles. The summed E-state index contributed by atoms with van der Waals surface area (Å²) in [5, 5.41) is 3.82. The fraction of sp³-hybridized carbons (Fsp3) is 1.00. The van der Waals surface area contributed by atoms with Gasteiger partial charge in [0.05, 0.1) is 6.10 Å². The standard InChI is InChI=1S/C19H37NO/c1-6-7-12-21-17-10-8-15(9-11-17)16-13-18(2,3)20-19(4,5)14-16/h15-17,20H,6-14H2,1-5H3. The molecule has 0 unspecified atom stereocenters. The Bertz CT molecular complexity index is 300. The molecule has 0 amide bonds. The molecular weight excluding hydrogens is 258 g/mol. The molecule has 124 valence electrons. The first-order chi connectivity index (χ1) is 9.81. The number of nitrogens with one attached hydrogen (secondary N) is 1. The van der Waals surface area contributed by atoms with Crippen molar-refractivity contribution < 1.29 is 4.74 Å². The van der Waals surface area contributed by atoms with E-state index in [0.29, 0.717) is 17.2 Å². The van der Waals surface area contributed by atoms with Gasteiger partial charge in [-0.1, -0.05) is 13.3 Å². The molecule has 2 fully saturated rings. The monoisotopic (exact) mass is 295 g/mol. The van der Waals surface area contributed by atoms with E-state index < -0.39 is 0 Å². The summed E-state index contributed by atoms with van der Waals surface area (Å²) in [6.45, 7) is 12.7. The van der Waals surface area contributed by atoms with Gasteiger partial charge >= 0.3 is 0 Å². The highest BCUT2D eigenvalue weighted by Crippen LogP contribution is 2.42. The third-order valence-corrected chi connectivity index (χ3v) is 5.46. The minimum atomic E-state index is 0.293. The van der Waals surface area contributed by atoms with Crippen LogP contribution in [0.4, 0.5) is 0 Å². The predicted molar refractivity (Wildman–Crippen MR) is 90.6 cm³/mol. The summed E-state index contributed by atoms with van der Waals surface area (Å²) in [5.74, 6) is 1.82. The molecule has 0 bridgehead atoms. The first kappa shape index (κ1) is 17.3. The minimum Gasteiger partial charge on any atom is -0.378 e. The Balaban J connectivity index is 1.81. The van der Waals surface area contributed by atoms with Gasteiger partial charge < -0.3 is 10.1 Å². The van der Waals surface area contributed by atoms with Crippen molar-refractivity contribution in [2.45, 2.75) is 103 Å². The van der Waals surface area contributed by atoms with E-state index in [9.17, 15) is 0 Å². The molecule has 0 aromatic rings. The summed E-state index contributed by atoms with van der Waals surface area (Å²) in [5.41, 5.74) is 0.585. The molecule has 2 rings (SSSR count). The van der Waals surface area contributed by atoms with Crippen molar-refractivity contribution in [1.82, 2.24) is 5.32 Å². The lowest BCUT2D eigenvalue weighted by Crippen LogP contribution is -2.58. The molecule has 0 aromatic carbocycles. The van der Waals surface area contributed by atoms with Crippen LogP contribution in [0.3, 0.4) is 0 Å². The Labute approximate surface area is 132 Å². The minimum absolute atomic E-state index is 0.293. The fourth-order valence-electron chi connectivity index (χ4n) is 4.86. The number of hydrogen-bond donors (Lipinski definition) is 1. The van der Waals surface area contributed by atoms with Gasteiger partial charge in [0.25, 0.3) is 0 Å². The van der Waals surface area contributed by atoms with Gasteiger partial charge in [0.1, 0.15) is 0 Å². The van der Waals surface area contributed by atoms with Crippen LogP contribution in [0.2, 0.25) is 0 Å². The van der Waals surface area contributed by atoms with Crippen LogP contribution in [0.25, 0.3) is 0 Å². The molecule has 0 spiro atoms. The highest BCUT2D eigenvalue weighted by Gasteiger charge is 2.41. The Morgan fingerprint density at radius 3 is 2.00 bits per heavy atom. The lowest BCUT2D eigenvalue weighted by molar-refractivity contribution is -0.00222. The van der Waals surface area contributed by atoms with Crippen LogP contribution in [-0.4, -0.2) is 23.8 Å². The molecule has 2 aliphatic rings. The van der Waals surface area contributed by atoms with E-state index in [4.69, 9.17) is 4.74 Å². The van der Waals surface area contributed by atoms with Gasteiger partial charge in [-0.15, -0.1) is 0 Å². The van der Waals surface area contributed by atoms with Crippen molar-refractivity contribution in [3.05, 3.63) is 0 Å². The summed E-state index contributed by atoms with van der Waals surface area (Å²) in [6, 6.07) is 0. The predicted octanol–water partition coefficient (Wildman–Crippen LogP) is 4.92. The maximum atomic E-state index is 6.03. The molecule has 1 saturated carbocycles. The molecule has 1 N–H and O–H groups in total. The smallest absolute Gasteiger partial charge is 0.0575 e. The van der Waals surface area contributed by atoms with Gasteiger partial charge in [0, 0.05) is 17.7 Å². The van der Waals surface area contributed by atoms with Crippen LogP contribution in [-0.2, 0) is 4.74 Å². The second kappa shape index (κ2) is 7.00. The first-order valence-corrected chi connectivity index (χ1v) is 9.22. The van der Waals surface area contributed by atoms with Gasteiger partial charge in [-0.2, -0.15) is 0 Å². The van der Waals surface area contributed by atoms with Crippen LogP contribution in [0.5, 0.6) is 0 Å². The molecule has 2 nitrogen and oxygen atoms in total. The molecule has 1 saturated heterocycles. The molecule has 21 heavy (non-hydrogen) atoms. The van der Waals surface area contributed by atoms with Crippen LogP contribution in [0.15, 0.2) is 0 Å². The molecule has 0 aromatic heterocycles. The molecule has 0 radical (unpaired) electrons. The maximum Gasteiger partial charge on any atom is 0.0575 e. The zero-order valence-electron chi connectivity index (χ0n) is 15.0. The Morgan fingerprint density at radius 2 is 1.48 bits per heavy atom. The summed E-state index contributed by atoms with van der Waals surface area (Å²) >= 11 is 0. The van der Waals surface area contributed by atoms with Crippen LogP contribution in [0, 0.1) is 11.8 Å². The molecule has 1 aliphatic heterocycles. The number of unbranched alkanes of at least 4 members (excludes halogenated alkanes) is 1. The zero-order chi connectivity index (χ0) is 15.5. The van der Waals surface area contributed by atoms with Crippen molar-refractivity contribution in [2.75, 3.05) is 6.61 Å². The third kappa shape index (κ3) is 5.25. The highest BCUT2D eigenvalue weighted by atomic mass is 16.5. The normalized spacial score (nSPS) is 33.0. The van der Waals surface area contributed by atoms with E-state index in [1.54, 1.807) is 0 Å². The zero-order valence-corrected chi connectivity index (χ0v) is 15.0. The number of hydrogen-bond acceptors (Lipinski definition) is 2.